The third kappa shape index (κ3) is 5.84. The topological polar surface area (TPSA) is 53.6 Å². The van der Waals surface area contributed by atoms with Crippen molar-refractivity contribution in [3.05, 3.63) is 0 Å². The minimum absolute atomic E-state index is 0.129. The van der Waals surface area contributed by atoms with Crippen LogP contribution in [0.1, 0.15) is 39.0 Å². The third-order valence-corrected chi connectivity index (χ3v) is 4.69. The molecular weight excluding hydrogens is 311 g/mol. The number of nitrogens with one attached hydrogen (secondary N) is 2. The van der Waals surface area contributed by atoms with Crippen molar-refractivity contribution < 1.29 is 22.7 Å². The number of urea groups is 1. The second-order valence-electron chi connectivity index (χ2n) is 6.72. The largest absolute Gasteiger partial charge is 0.411 e. The summed E-state index contributed by atoms with van der Waals surface area (Å²) in [6.07, 6.45) is 1.09. The Balaban J connectivity index is 1.68. The van der Waals surface area contributed by atoms with Crippen LogP contribution in [0.25, 0.3) is 0 Å². The molecule has 1 unspecified atom stereocenters. The molecular formula is C15H26F3N3O2. The number of amides is 2. The fraction of sp³-hybridized carbons (Fsp3) is 0.933. The van der Waals surface area contributed by atoms with E-state index in [9.17, 15) is 18.0 Å². The first-order valence-electron chi connectivity index (χ1n) is 8.18. The minimum Gasteiger partial charge on any atom is -0.370 e. The molecule has 2 aliphatic rings. The van der Waals surface area contributed by atoms with Crippen molar-refractivity contribution in [1.82, 2.24) is 15.5 Å². The Hall–Kier alpha value is -1.02. The van der Waals surface area contributed by atoms with E-state index in [-0.39, 0.29) is 18.7 Å². The summed E-state index contributed by atoms with van der Waals surface area (Å²) in [5.74, 6) is 0. The first kappa shape index (κ1) is 18.3. The summed E-state index contributed by atoms with van der Waals surface area (Å²) >= 11 is 0. The maximum absolute atomic E-state index is 12.0. The predicted molar refractivity (Wildman–Crippen MR) is 80.2 cm³/mol. The van der Waals surface area contributed by atoms with Gasteiger partial charge in [-0.1, -0.05) is 6.42 Å². The van der Waals surface area contributed by atoms with E-state index >= 15 is 0 Å². The van der Waals surface area contributed by atoms with E-state index in [1.54, 1.807) is 6.92 Å². The van der Waals surface area contributed by atoms with Gasteiger partial charge in [-0.15, -0.1) is 0 Å². The summed E-state index contributed by atoms with van der Waals surface area (Å²) in [4.78, 5) is 14.4. The van der Waals surface area contributed by atoms with Crippen LogP contribution in [0.3, 0.4) is 0 Å². The number of hydrogen-bond acceptors (Lipinski definition) is 3. The number of carbonyl (C=O) groups is 1. The van der Waals surface area contributed by atoms with Crippen molar-refractivity contribution in [2.24, 2.45) is 0 Å². The fourth-order valence-electron chi connectivity index (χ4n) is 3.58. The minimum atomic E-state index is -4.34. The Bertz CT molecular complexity index is 392. The van der Waals surface area contributed by atoms with Gasteiger partial charge in [0, 0.05) is 18.1 Å². The smallest absolute Gasteiger partial charge is 0.370 e. The Morgan fingerprint density at radius 2 is 1.91 bits per heavy atom. The third-order valence-electron chi connectivity index (χ3n) is 4.69. The second-order valence-corrected chi connectivity index (χ2v) is 6.72. The van der Waals surface area contributed by atoms with Crippen LogP contribution in [-0.2, 0) is 4.74 Å². The number of fused-ring (bicyclic) bond motifs is 2. The van der Waals surface area contributed by atoms with Gasteiger partial charge >= 0.3 is 12.2 Å². The monoisotopic (exact) mass is 337 g/mol. The van der Waals surface area contributed by atoms with Gasteiger partial charge in [0.1, 0.15) is 6.61 Å². The van der Waals surface area contributed by atoms with Crippen LogP contribution in [0, 0.1) is 0 Å². The predicted octanol–water partition coefficient (Wildman–Crippen LogP) is 2.27. The highest BCUT2D eigenvalue weighted by Gasteiger charge is 2.36. The molecule has 134 valence electrons. The SMILES string of the molecule is C[C@H](COCC(F)(F)F)NC(=O)NC1C[C@H]2CCC[C@@H](C1)N2C. The number of nitrogens with zero attached hydrogens (tertiary/aromatic N) is 1. The molecule has 2 amide bonds. The fourth-order valence-corrected chi connectivity index (χ4v) is 3.58. The van der Waals surface area contributed by atoms with Crippen LogP contribution in [-0.4, -0.2) is 61.5 Å². The lowest BCUT2D eigenvalue weighted by Crippen LogP contribution is -2.57. The van der Waals surface area contributed by atoms with Crippen molar-refractivity contribution in [3.63, 3.8) is 0 Å². The molecule has 0 radical (unpaired) electrons. The maximum Gasteiger partial charge on any atom is 0.411 e. The lowest BCUT2D eigenvalue weighted by atomic mass is 9.82. The average molecular weight is 337 g/mol. The maximum atomic E-state index is 12.0. The zero-order chi connectivity index (χ0) is 17.0. The number of piperidine rings is 2. The Kier molecular flexibility index (Phi) is 6.13. The molecule has 0 aromatic carbocycles. The van der Waals surface area contributed by atoms with Gasteiger partial charge in [-0.05, 0) is 39.7 Å². The summed E-state index contributed by atoms with van der Waals surface area (Å²) in [7, 11) is 2.14. The van der Waals surface area contributed by atoms with E-state index in [1.807, 2.05) is 0 Å². The van der Waals surface area contributed by atoms with Gasteiger partial charge < -0.3 is 20.3 Å². The van der Waals surface area contributed by atoms with Crippen LogP contribution < -0.4 is 10.6 Å². The van der Waals surface area contributed by atoms with Gasteiger partial charge in [0.15, 0.2) is 0 Å². The molecule has 0 saturated carbocycles. The zero-order valence-electron chi connectivity index (χ0n) is 13.7. The number of ether oxygens (including phenoxy) is 1. The van der Waals surface area contributed by atoms with Gasteiger partial charge in [-0.25, -0.2) is 4.79 Å². The summed E-state index contributed by atoms with van der Waals surface area (Å²) in [6.45, 7) is 0.171. The number of alkyl halides is 3. The molecule has 5 nitrogen and oxygen atoms in total. The molecule has 2 heterocycles. The van der Waals surface area contributed by atoms with E-state index in [2.05, 4.69) is 27.3 Å². The molecule has 2 bridgehead atoms. The molecule has 4 atom stereocenters. The first-order valence-corrected chi connectivity index (χ1v) is 8.18. The lowest BCUT2D eigenvalue weighted by Gasteiger charge is -2.47. The van der Waals surface area contributed by atoms with E-state index in [0.29, 0.717) is 12.1 Å². The van der Waals surface area contributed by atoms with Crippen LogP contribution in [0.4, 0.5) is 18.0 Å². The standard InChI is InChI=1S/C15H26F3N3O2/c1-10(8-23-9-15(16,17)18)19-14(22)20-11-6-12-4-3-5-13(7-11)21(12)2/h10-13H,3-9H2,1-2H3,(H2,19,20,22)/t10-,11?,12-,13+/m1/s1. The lowest BCUT2D eigenvalue weighted by molar-refractivity contribution is -0.174. The van der Waals surface area contributed by atoms with Gasteiger partial charge in [0.2, 0.25) is 0 Å². The summed E-state index contributed by atoms with van der Waals surface area (Å²) in [5.41, 5.74) is 0. The molecule has 2 N–H and O–H groups in total. The highest BCUT2D eigenvalue weighted by atomic mass is 19.4. The number of halogens is 3. The van der Waals surface area contributed by atoms with E-state index in [1.165, 1.54) is 6.42 Å². The molecule has 2 fully saturated rings. The van der Waals surface area contributed by atoms with E-state index < -0.39 is 18.8 Å². The van der Waals surface area contributed by atoms with E-state index in [4.69, 9.17) is 0 Å². The first-order chi connectivity index (χ1) is 10.7. The highest BCUT2D eigenvalue weighted by molar-refractivity contribution is 5.74. The van der Waals surface area contributed by atoms with Crippen LogP contribution in [0.15, 0.2) is 0 Å². The Labute approximate surface area is 134 Å². The molecule has 2 saturated heterocycles. The highest BCUT2D eigenvalue weighted by Crippen LogP contribution is 2.32. The van der Waals surface area contributed by atoms with Gasteiger partial charge in [0.25, 0.3) is 0 Å². The normalized spacial score (nSPS) is 29.9. The zero-order valence-corrected chi connectivity index (χ0v) is 13.7. The Morgan fingerprint density at radius 3 is 2.48 bits per heavy atom. The molecule has 2 rings (SSSR count). The van der Waals surface area contributed by atoms with Gasteiger partial charge in [-0.2, -0.15) is 13.2 Å². The van der Waals surface area contributed by atoms with Gasteiger partial charge in [0.05, 0.1) is 12.6 Å². The average Bonchev–Trinajstić information content (AvgIpc) is 2.38. The molecule has 23 heavy (non-hydrogen) atoms. The quantitative estimate of drug-likeness (QED) is 0.809. The van der Waals surface area contributed by atoms with Crippen LogP contribution >= 0.6 is 0 Å². The number of rotatable bonds is 5. The number of hydrogen-bond donors (Lipinski definition) is 2. The van der Waals surface area contributed by atoms with Crippen molar-refractivity contribution in [3.8, 4) is 0 Å². The molecule has 2 aliphatic heterocycles. The van der Waals surface area contributed by atoms with Gasteiger partial charge in [-0.3, -0.25) is 0 Å². The molecule has 0 spiro atoms. The van der Waals surface area contributed by atoms with Crippen molar-refractivity contribution in [1.29, 1.82) is 0 Å². The molecule has 8 heteroatoms. The number of carbonyl (C=O) groups excluding carboxylic acids is 1. The van der Waals surface area contributed by atoms with E-state index in [0.717, 1.165) is 25.7 Å². The molecule has 0 aromatic heterocycles. The molecule has 0 aromatic rings. The van der Waals surface area contributed by atoms with Crippen molar-refractivity contribution in [2.75, 3.05) is 20.3 Å². The summed E-state index contributed by atoms with van der Waals surface area (Å²) < 4.78 is 40.5. The van der Waals surface area contributed by atoms with Crippen molar-refractivity contribution >= 4 is 6.03 Å². The summed E-state index contributed by atoms with van der Waals surface area (Å²) in [5, 5.41) is 5.59. The molecule has 0 aliphatic carbocycles. The summed E-state index contributed by atoms with van der Waals surface area (Å²) in [6, 6.07) is 0.356. The van der Waals surface area contributed by atoms with Crippen LogP contribution in [0.2, 0.25) is 0 Å². The van der Waals surface area contributed by atoms with Crippen LogP contribution in [0.5, 0.6) is 0 Å². The second kappa shape index (κ2) is 7.70. The van der Waals surface area contributed by atoms with Crippen molar-refractivity contribution in [2.45, 2.75) is 69.4 Å². The Morgan fingerprint density at radius 1 is 1.30 bits per heavy atom.